The van der Waals surface area contributed by atoms with Crippen molar-refractivity contribution in [2.75, 3.05) is 20.2 Å². The minimum atomic E-state index is -0.557. The summed E-state index contributed by atoms with van der Waals surface area (Å²) in [7, 11) is 1.50. The van der Waals surface area contributed by atoms with Crippen LogP contribution in [0.1, 0.15) is 53.7 Å². The zero-order valence-corrected chi connectivity index (χ0v) is 22.1. The third kappa shape index (κ3) is 4.95. The molecule has 10 heteroatoms. The van der Waals surface area contributed by atoms with E-state index in [-0.39, 0.29) is 36.0 Å². The van der Waals surface area contributed by atoms with Crippen LogP contribution >= 0.6 is 23.2 Å². The number of nitrogens with zero attached hydrogens (tertiary/aromatic N) is 3. The van der Waals surface area contributed by atoms with Crippen LogP contribution < -0.4 is 4.74 Å². The van der Waals surface area contributed by atoms with Crippen molar-refractivity contribution in [3.05, 3.63) is 57.5 Å². The number of pyridine rings is 1. The molecule has 2 aromatic heterocycles. The SMILES string of the molecule is CCC(O)N1C(C)CN(C(=O)c2cc3c(C(=O)Cc4c(Cl)cncc4Cl)ccc(OC)c3o2)CC1C. The molecule has 1 aliphatic heterocycles. The van der Waals surface area contributed by atoms with E-state index < -0.39 is 6.23 Å². The zero-order chi connectivity index (χ0) is 26.1. The molecule has 3 aromatic rings. The Morgan fingerprint density at radius 1 is 1.19 bits per heavy atom. The van der Waals surface area contributed by atoms with Crippen molar-refractivity contribution >= 4 is 45.9 Å². The number of Topliss-reactive ketones (excluding diaryl/α,β-unsaturated/α-hetero) is 1. The third-order valence-electron chi connectivity index (χ3n) is 6.65. The molecule has 0 saturated carbocycles. The van der Waals surface area contributed by atoms with E-state index in [0.29, 0.717) is 57.4 Å². The molecule has 0 bridgehead atoms. The second-order valence-electron chi connectivity index (χ2n) is 9.09. The molecule has 3 atom stereocenters. The summed E-state index contributed by atoms with van der Waals surface area (Å²) in [4.78, 5) is 34.4. The summed E-state index contributed by atoms with van der Waals surface area (Å²) in [6, 6.07) is 4.81. The monoisotopic (exact) mass is 533 g/mol. The number of piperazine rings is 1. The van der Waals surface area contributed by atoms with Gasteiger partial charge in [0.15, 0.2) is 22.9 Å². The number of halogens is 2. The van der Waals surface area contributed by atoms with Crippen molar-refractivity contribution in [2.24, 2.45) is 0 Å². The minimum Gasteiger partial charge on any atom is -0.493 e. The summed E-state index contributed by atoms with van der Waals surface area (Å²) in [5.74, 6) is 0.0173. The maximum Gasteiger partial charge on any atom is 0.289 e. The molecule has 0 spiro atoms. The van der Waals surface area contributed by atoms with Gasteiger partial charge in [-0.3, -0.25) is 19.5 Å². The van der Waals surface area contributed by atoms with Crippen LogP contribution in [0, 0.1) is 0 Å². The van der Waals surface area contributed by atoms with Gasteiger partial charge in [0.25, 0.3) is 5.91 Å². The molecule has 1 N–H and O–H groups in total. The van der Waals surface area contributed by atoms with Crippen LogP contribution in [0.5, 0.6) is 5.75 Å². The summed E-state index contributed by atoms with van der Waals surface area (Å²) >= 11 is 12.4. The standard InChI is InChI=1S/C26H29Cl2N3O5/c1-5-24(33)31-14(2)12-30(13-15(31)3)26(34)23-9-17-16(6-7-22(35-4)25(17)36-23)21(32)8-18-19(27)10-29-11-20(18)28/h6-7,9-11,14-15,24,33H,5,8,12-13H2,1-4H3. The lowest BCUT2D eigenvalue weighted by Crippen LogP contribution is -2.60. The summed E-state index contributed by atoms with van der Waals surface area (Å²) in [5, 5.41) is 11.5. The highest BCUT2D eigenvalue weighted by Crippen LogP contribution is 2.34. The van der Waals surface area contributed by atoms with Crippen molar-refractivity contribution in [3.63, 3.8) is 0 Å². The maximum atomic E-state index is 13.5. The number of aliphatic hydroxyl groups excluding tert-OH is 1. The Morgan fingerprint density at radius 2 is 1.83 bits per heavy atom. The van der Waals surface area contributed by atoms with E-state index in [1.54, 1.807) is 23.1 Å². The first-order chi connectivity index (χ1) is 17.2. The van der Waals surface area contributed by atoms with E-state index in [0.717, 1.165) is 0 Å². The number of hydrogen-bond acceptors (Lipinski definition) is 7. The van der Waals surface area contributed by atoms with Gasteiger partial charge in [0, 0.05) is 60.5 Å². The first-order valence-corrected chi connectivity index (χ1v) is 12.6. The van der Waals surface area contributed by atoms with E-state index in [4.69, 9.17) is 32.4 Å². The number of amides is 1. The Kier molecular flexibility index (Phi) is 7.90. The van der Waals surface area contributed by atoms with Crippen LogP contribution in [-0.4, -0.2) is 70.1 Å². The molecule has 0 radical (unpaired) electrons. The number of aliphatic hydroxyl groups is 1. The average Bonchev–Trinajstić information content (AvgIpc) is 3.30. The molecule has 0 aliphatic carbocycles. The first-order valence-electron chi connectivity index (χ1n) is 11.8. The second-order valence-corrected chi connectivity index (χ2v) is 9.91. The highest BCUT2D eigenvalue weighted by Gasteiger charge is 2.36. The third-order valence-corrected chi connectivity index (χ3v) is 7.30. The van der Waals surface area contributed by atoms with Gasteiger partial charge in [-0.1, -0.05) is 30.1 Å². The van der Waals surface area contributed by atoms with Gasteiger partial charge in [-0.05, 0) is 38.5 Å². The minimum absolute atomic E-state index is 0.0291. The van der Waals surface area contributed by atoms with Gasteiger partial charge < -0.3 is 19.2 Å². The Bertz CT molecular complexity index is 1260. The zero-order valence-electron chi connectivity index (χ0n) is 20.6. The number of rotatable bonds is 7. The molecular weight excluding hydrogens is 505 g/mol. The van der Waals surface area contributed by atoms with Crippen LogP contribution in [0.25, 0.3) is 11.0 Å². The lowest BCUT2D eigenvalue weighted by atomic mass is 10.00. The Balaban J connectivity index is 1.65. The quantitative estimate of drug-likeness (QED) is 0.434. The van der Waals surface area contributed by atoms with E-state index in [9.17, 15) is 14.7 Å². The van der Waals surface area contributed by atoms with E-state index >= 15 is 0 Å². The molecule has 1 saturated heterocycles. The van der Waals surface area contributed by atoms with Crippen molar-refractivity contribution in [3.8, 4) is 5.75 Å². The Labute approximate surface area is 219 Å². The van der Waals surface area contributed by atoms with Crippen molar-refractivity contribution < 1.29 is 23.8 Å². The molecular formula is C26H29Cl2N3O5. The summed E-state index contributed by atoms with van der Waals surface area (Å²) in [6.07, 6.45) is 2.90. The fraction of sp³-hybridized carbons (Fsp3) is 0.423. The average molecular weight is 534 g/mol. The fourth-order valence-corrected chi connectivity index (χ4v) is 5.42. The smallest absolute Gasteiger partial charge is 0.289 e. The molecule has 36 heavy (non-hydrogen) atoms. The largest absolute Gasteiger partial charge is 0.493 e. The summed E-state index contributed by atoms with van der Waals surface area (Å²) in [5.41, 5.74) is 1.17. The number of fused-ring (bicyclic) bond motifs is 1. The molecule has 1 aromatic carbocycles. The molecule has 1 aliphatic rings. The predicted molar refractivity (Wildman–Crippen MR) is 138 cm³/mol. The number of benzene rings is 1. The Morgan fingerprint density at radius 3 is 2.42 bits per heavy atom. The van der Waals surface area contributed by atoms with Gasteiger partial charge in [0.05, 0.1) is 17.2 Å². The number of furan rings is 1. The van der Waals surface area contributed by atoms with Gasteiger partial charge in [0.1, 0.15) is 6.23 Å². The summed E-state index contributed by atoms with van der Waals surface area (Å²) in [6.45, 7) is 6.79. The van der Waals surface area contributed by atoms with Gasteiger partial charge in [-0.25, -0.2) is 0 Å². The number of methoxy groups -OCH3 is 1. The van der Waals surface area contributed by atoms with Crippen LogP contribution in [0.2, 0.25) is 10.0 Å². The number of carbonyl (C=O) groups is 2. The summed E-state index contributed by atoms with van der Waals surface area (Å²) < 4.78 is 11.4. The first kappa shape index (κ1) is 26.4. The highest BCUT2D eigenvalue weighted by atomic mass is 35.5. The lowest BCUT2D eigenvalue weighted by molar-refractivity contribution is -0.0785. The molecule has 1 fully saturated rings. The molecule has 3 heterocycles. The second kappa shape index (κ2) is 10.8. The normalized spacial score (nSPS) is 19.5. The van der Waals surface area contributed by atoms with E-state index in [1.165, 1.54) is 19.5 Å². The topological polar surface area (TPSA) is 96.1 Å². The number of ether oxygens (including phenoxy) is 1. The van der Waals surface area contributed by atoms with Gasteiger partial charge in [-0.15, -0.1) is 0 Å². The number of aromatic nitrogens is 1. The van der Waals surface area contributed by atoms with Crippen LogP contribution in [-0.2, 0) is 6.42 Å². The van der Waals surface area contributed by atoms with E-state index in [1.807, 2.05) is 25.7 Å². The molecule has 3 unspecified atom stereocenters. The van der Waals surface area contributed by atoms with Gasteiger partial charge >= 0.3 is 0 Å². The number of hydrogen-bond donors (Lipinski definition) is 1. The van der Waals surface area contributed by atoms with Crippen molar-refractivity contribution in [1.82, 2.24) is 14.8 Å². The molecule has 4 rings (SSSR count). The van der Waals surface area contributed by atoms with Crippen molar-refractivity contribution in [1.29, 1.82) is 0 Å². The fourth-order valence-electron chi connectivity index (χ4n) is 4.93. The molecule has 8 nitrogen and oxygen atoms in total. The van der Waals surface area contributed by atoms with Crippen molar-refractivity contribution in [2.45, 2.75) is 51.9 Å². The van der Waals surface area contributed by atoms with Crippen LogP contribution in [0.4, 0.5) is 0 Å². The number of ketones is 1. The predicted octanol–water partition coefficient (Wildman–Crippen LogP) is 4.83. The highest BCUT2D eigenvalue weighted by molar-refractivity contribution is 6.36. The van der Waals surface area contributed by atoms with Gasteiger partial charge in [-0.2, -0.15) is 0 Å². The number of carbonyl (C=O) groups excluding carboxylic acids is 2. The Hall–Kier alpha value is -2.65. The van der Waals surface area contributed by atoms with Gasteiger partial charge in [0.2, 0.25) is 0 Å². The van der Waals surface area contributed by atoms with E-state index in [2.05, 4.69) is 4.98 Å². The molecule has 192 valence electrons. The van der Waals surface area contributed by atoms with Crippen LogP contribution in [0.3, 0.4) is 0 Å². The maximum absolute atomic E-state index is 13.5. The van der Waals surface area contributed by atoms with Crippen LogP contribution in [0.15, 0.2) is 35.0 Å². The lowest BCUT2D eigenvalue weighted by Gasteiger charge is -2.46. The molecule has 1 amide bonds.